The van der Waals surface area contributed by atoms with Gasteiger partial charge >= 0.3 is 6.09 Å². The maximum Gasteiger partial charge on any atom is 0.410 e. The SMILES string of the molecule is Cn1nc(C2CCN(C(=O)OC(C)(C)C)CC2)nc1Cc1ccccc1. The van der Waals surface area contributed by atoms with Gasteiger partial charge in [0.25, 0.3) is 0 Å². The lowest BCUT2D eigenvalue weighted by Gasteiger charge is -2.32. The van der Waals surface area contributed by atoms with E-state index in [2.05, 4.69) is 17.2 Å². The lowest BCUT2D eigenvalue weighted by molar-refractivity contribution is 0.0203. The number of aryl methyl sites for hydroxylation is 1. The molecule has 0 atom stereocenters. The molecule has 1 fully saturated rings. The van der Waals surface area contributed by atoms with Gasteiger partial charge in [-0.25, -0.2) is 9.78 Å². The summed E-state index contributed by atoms with van der Waals surface area (Å²) in [6.07, 6.45) is 2.29. The topological polar surface area (TPSA) is 60.2 Å². The molecule has 0 unspecified atom stereocenters. The molecule has 2 aromatic rings. The predicted molar refractivity (Wildman–Crippen MR) is 100 cm³/mol. The molecule has 0 bridgehead atoms. The summed E-state index contributed by atoms with van der Waals surface area (Å²) >= 11 is 0. The van der Waals surface area contributed by atoms with Crippen molar-refractivity contribution in [1.29, 1.82) is 0 Å². The third kappa shape index (κ3) is 4.62. The Morgan fingerprint density at radius 3 is 2.46 bits per heavy atom. The van der Waals surface area contributed by atoms with Gasteiger partial charge in [-0.15, -0.1) is 0 Å². The molecule has 0 N–H and O–H groups in total. The lowest BCUT2D eigenvalue weighted by atomic mass is 9.96. The minimum Gasteiger partial charge on any atom is -0.444 e. The van der Waals surface area contributed by atoms with Crippen molar-refractivity contribution in [3.63, 3.8) is 0 Å². The van der Waals surface area contributed by atoms with Crippen molar-refractivity contribution < 1.29 is 9.53 Å². The number of hydrogen-bond acceptors (Lipinski definition) is 4. The molecule has 1 aliphatic heterocycles. The third-order valence-corrected chi connectivity index (χ3v) is 4.59. The van der Waals surface area contributed by atoms with E-state index in [1.807, 2.05) is 50.7 Å². The number of likely N-dealkylation sites (tertiary alicyclic amines) is 1. The standard InChI is InChI=1S/C20H28N4O2/c1-20(2,3)26-19(25)24-12-10-16(11-13-24)18-21-17(23(4)22-18)14-15-8-6-5-7-9-15/h5-9,16H,10-14H2,1-4H3. The molecule has 6 heteroatoms. The summed E-state index contributed by atoms with van der Waals surface area (Å²) in [7, 11) is 1.95. The fourth-order valence-electron chi connectivity index (χ4n) is 3.19. The molecule has 0 saturated carbocycles. The van der Waals surface area contributed by atoms with Gasteiger partial charge in [0.15, 0.2) is 5.82 Å². The highest BCUT2D eigenvalue weighted by molar-refractivity contribution is 5.68. The van der Waals surface area contributed by atoms with Gasteiger partial charge in [-0.3, -0.25) is 4.68 Å². The van der Waals surface area contributed by atoms with Crippen LogP contribution in [0.2, 0.25) is 0 Å². The van der Waals surface area contributed by atoms with Gasteiger partial charge in [0.2, 0.25) is 0 Å². The first-order valence-electron chi connectivity index (χ1n) is 9.23. The van der Waals surface area contributed by atoms with Gasteiger partial charge in [-0.05, 0) is 39.2 Å². The lowest BCUT2D eigenvalue weighted by Crippen LogP contribution is -2.41. The molecule has 3 rings (SSSR count). The van der Waals surface area contributed by atoms with E-state index in [0.29, 0.717) is 19.0 Å². The first-order chi connectivity index (χ1) is 12.3. The average molecular weight is 356 g/mol. The van der Waals surface area contributed by atoms with Crippen molar-refractivity contribution >= 4 is 6.09 Å². The summed E-state index contributed by atoms with van der Waals surface area (Å²) in [6.45, 7) is 7.05. The highest BCUT2D eigenvalue weighted by Gasteiger charge is 2.29. The molecule has 1 saturated heterocycles. The smallest absolute Gasteiger partial charge is 0.410 e. The number of benzene rings is 1. The van der Waals surface area contributed by atoms with Crippen LogP contribution >= 0.6 is 0 Å². The maximum atomic E-state index is 12.2. The first-order valence-corrected chi connectivity index (χ1v) is 9.23. The van der Waals surface area contributed by atoms with Crippen LogP contribution in [0.4, 0.5) is 4.79 Å². The number of ether oxygens (including phenoxy) is 1. The zero-order valence-corrected chi connectivity index (χ0v) is 16.1. The Bertz CT molecular complexity index is 741. The summed E-state index contributed by atoms with van der Waals surface area (Å²) < 4.78 is 7.34. The number of hydrogen-bond donors (Lipinski definition) is 0. The van der Waals surface area contributed by atoms with E-state index in [-0.39, 0.29) is 6.09 Å². The normalized spacial score (nSPS) is 15.9. The minimum absolute atomic E-state index is 0.227. The quantitative estimate of drug-likeness (QED) is 0.844. The molecular formula is C20H28N4O2. The number of piperidine rings is 1. The van der Waals surface area contributed by atoms with E-state index < -0.39 is 5.60 Å². The predicted octanol–water partition coefficient (Wildman–Crippen LogP) is 3.52. The second-order valence-electron chi connectivity index (χ2n) is 7.91. The number of nitrogens with zero attached hydrogens (tertiary/aromatic N) is 4. The Labute approximate surface area is 155 Å². The zero-order valence-electron chi connectivity index (χ0n) is 16.1. The first kappa shape index (κ1) is 18.4. The number of amides is 1. The monoisotopic (exact) mass is 356 g/mol. The zero-order chi connectivity index (χ0) is 18.7. The summed E-state index contributed by atoms with van der Waals surface area (Å²) in [6, 6.07) is 10.3. The summed E-state index contributed by atoms with van der Waals surface area (Å²) in [4.78, 5) is 18.7. The third-order valence-electron chi connectivity index (χ3n) is 4.59. The van der Waals surface area contributed by atoms with E-state index in [9.17, 15) is 4.79 Å². The highest BCUT2D eigenvalue weighted by atomic mass is 16.6. The molecule has 1 amide bonds. The van der Waals surface area contributed by atoms with Gasteiger partial charge < -0.3 is 9.64 Å². The van der Waals surface area contributed by atoms with Gasteiger partial charge in [0, 0.05) is 32.5 Å². The van der Waals surface area contributed by atoms with Crippen molar-refractivity contribution in [2.24, 2.45) is 7.05 Å². The fraction of sp³-hybridized carbons (Fsp3) is 0.550. The Morgan fingerprint density at radius 2 is 1.85 bits per heavy atom. The van der Waals surface area contributed by atoms with Gasteiger partial charge in [-0.2, -0.15) is 5.10 Å². The van der Waals surface area contributed by atoms with Crippen LogP contribution in [-0.4, -0.2) is 44.4 Å². The summed E-state index contributed by atoms with van der Waals surface area (Å²) in [5.74, 6) is 2.16. The van der Waals surface area contributed by atoms with Crippen LogP contribution in [0.25, 0.3) is 0 Å². The minimum atomic E-state index is -0.456. The van der Waals surface area contributed by atoms with E-state index in [4.69, 9.17) is 9.72 Å². The summed E-state index contributed by atoms with van der Waals surface area (Å²) in [5, 5.41) is 4.63. The van der Waals surface area contributed by atoms with Gasteiger partial charge in [-0.1, -0.05) is 30.3 Å². The largest absolute Gasteiger partial charge is 0.444 e. The molecule has 1 aromatic carbocycles. The molecule has 2 heterocycles. The molecule has 6 nitrogen and oxygen atoms in total. The molecular weight excluding hydrogens is 328 g/mol. The van der Waals surface area contributed by atoms with E-state index in [0.717, 1.165) is 30.9 Å². The summed E-state index contributed by atoms with van der Waals surface area (Å²) in [5.41, 5.74) is 0.775. The van der Waals surface area contributed by atoms with Crippen LogP contribution in [0.5, 0.6) is 0 Å². The Morgan fingerprint density at radius 1 is 1.19 bits per heavy atom. The van der Waals surface area contributed by atoms with E-state index in [1.54, 1.807) is 4.90 Å². The van der Waals surface area contributed by atoms with Gasteiger partial charge in [0.05, 0.1) is 0 Å². The van der Waals surface area contributed by atoms with Crippen LogP contribution in [0.3, 0.4) is 0 Å². The van der Waals surface area contributed by atoms with Crippen molar-refractivity contribution in [2.45, 2.75) is 51.6 Å². The molecule has 0 radical (unpaired) electrons. The Kier molecular flexibility index (Phi) is 5.30. The Balaban J connectivity index is 1.60. The van der Waals surface area contributed by atoms with E-state index >= 15 is 0 Å². The number of aromatic nitrogens is 3. The molecule has 26 heavy (non-hydrogen) atoms. The van der Waals surface area contributed by atoms with Crippen molar-refractivity contribution in [3.8, 4) is 0 Å². The maximum absolute atomic E-state index is 12.2. The highest BCUT2D eigenvalue weighted by Crippen LogP contribution is 2.27. The molecule has 1 aromatic heterocycles. The van der Waals surface area contributed by atoms with E-state index in [1.165, 1.54) is 5.56 Å². The second-order valence-corrected chi connectivity index (χ2v) is 7.91. The van der Waals surface area contributed by atoms with Crippen LogP contribution in [0.1, 0.15) is 56.7 Å². The van der Waals surface area contributed by atoms with Crippen LogP contribution in [-0.2, 0) is 18.2 Å². The number of carbonyl (C=O) groups is 1. The van der Waals surface area contributed by atoms with Crippen LogP contribution < -0.4 is 0 Å². The van der Waals surface area contributed by atoms with Crippen LogP contribution in [0, 0.1) is 0 Å². The Hall–Kier alpha value is -2.37. The molecule has 0 aliphatic carbocycles. The molecule has 140 valence electrons. The van der Waals surface area contributed by atoms with Crippen molar-refractivity contribution in [2.75, 3.05) is 13.1 Å². The van der Waals surface area contributed by atoms with Crippen molar-refractivity contribution in [1.82, 2.24) is 19.7 Å². The van der Waals surface area contributed by atoms with Crippen LogP contribution in [0.15, 0.2) is 30.3 Å². The van der Waals surface area contributed by atoms with Gasteiger partial charge in [0.1, 0.15) is 11.4 Å². The number of carbonyl (C=O) groups excluding carboxylic acids is 1. The average Bonchev–Trinajstić information content (AvgIpc) is 2.95. The fourth-order valence-corrected chi connectivity index (χ4v) is 3.19. The molecule has 0 spiro atoms. The second kappa shape index (κ2) is 7.48. The van der Waals surface area contributed by atoms with Crippen molar-refractivity contribution in [3.05, 3.63) is 47.5 Å². The molecule has 1 aliphatic rings. The number of rotatable bonds is 3.